The van der Waals surface area contributed by atoms with Crippen LogP contribution < -0.4 is 0 Å². The molecule has 13 heavy (non-hydrogen) atoms. The number of carbonyl (C=O) groups is 1. The number of ketones is 1. The lowest BCUT2D eigenvalue weighted by Crippen LogP contribution is -1.93. The molecule has 0 amide bonds. The molecule has 0 spiro atoms. The smallest absolute Gasteiger partial charge is 0.189 e. The minimum absolute atomic E-state index is 0.0242. The first-order valence-corrected chi connectivity index (χ1v) is 4.22. The van der Waals surface area contributed by atoms with Gasteiger partial charge in [0.15, 0.2) is 11.5 Å². The van der Waals surface area contributed by atoms with Gasteiger partial charge in [-0.1, -0.05) is 6.08 Å². The average molecular weight is 173 g/mol. The Labute approximate surface area is 76.5 Å². The van der Waals surface area contributed by atoms with Gasteiger partial charge in [-0.05, 0) is 30.7 Å². The van der Waals surface area contributed by atoms with Crippen molar-refractivity contribution in [1.82, 2.24) is 0 Å². The third-order valence-electron chi connectivity index (χ3n) is 2.34. The molecule has 0 bridgehead atoms. The Hall–Kier alpha value is -1.57. The number of Topliss-reactive ketones (excluding diaryl/α,β-unsaturated/α-hetero) is 1. The SMILES string of the molecule is CC=C1Cc2cc([O])ccc2C1=O. The fraction of sp³-hybridized carbons (Fsp3) is 0.182. The van der Waals surface area contributed by atoms with Gasteiger partial charge in [-0.25, -0.2) is 0 Å². The molecule has 1 aromatic rings. The number of benzene rings is 1. The standard InChI is InChI=1S/C11H9O2/c1-2-7-5-8-6-9(12)3-4-10(8)11(7)13/h2-4,6H,5H2,1H3. The topological polar surface area (TPSA) is 37.0 Å². The number of fused-ring (bicyclic) bond motifs is 1. The molecular weight excluding hydrogens is 164 g/mol. The summed E-state index contributed by atoms with van der Waals surface area (Å²) in [5, 5.41) is 11.0. The Morgan fingerprint density at radius 1 is 1.38 bits per heavy atom. The second-order valence-corrected chi connectivity index (χ2v) is 3.14. The summed E-state index contributed by atoms with van der Waals surface area (Å²) < 4.78 is 0. The fourth-order valence-corrected chi connectivity index (χ4v) is 1.63. The largest absolute Gasteiger partial charge is 0.290 e. The van der Waals surface area contributed by atoms with Crippen molar-refractivity contribution in [2.24, 2.45) is 0 Å². The van der Waals surface area contributed by atoms with Crippen LogP contribution in [0.3, 0.4) is 0 Å². The molecule has 0 heterocycles. The highest BCUT2D eigenvalue weighted by Crippen LogP contribution is 2.28. The van der Waals surface area contributed by atoms with E-state index in [1.807, 2.05) is 13.0 Å². The van der Waals surface area contributed by atoms with E-state index in [0.717, 1.165) is 11.1 Å². The fourth-order valence-electron chi connectivity index (χ4n) is 1.63. The van der Waals surface area contributed by atoms with E-state index in [-0.39, 0.29) is 11.5 Å². The van der Waals surface area contributed by atoms with Crippen LogP contribution in [0.1, 0.15) is 22.8 Å². The maximum absolute atomic E-state index is 11.6. The first kappa shape index (κ1) is 8.05. The van der Waals surface area contributed by atoms with E-state index in [1.54, 1.807) is 12.1 Å². The molecule has 1 radical (unpaired) electrons. The molecule has 0 fully saturated rings. The van der Waals surface area contributed by atoms with Crippen molar-refractivity contribution in [2.75, 3.05) is 0 Å². The van der Waals surface area contributed by atoms with Crippen molar-refractivity contribution >= 4 is 5.78 Å². The summed E-state index contributed by atoms with van der Waals surface area (Å²) in [6, 6.07) is 4.61. The molecule has 0 saturated carbocycles. The second-order valence-electron chi connectivity index (χ2n) is 3.14. The summed E-state index contributed by atoms with van der Waals surface area (Å²) in [6.45, 7) is 1.84. The maximum Gasteiger partial charge on any atom is 0.189 e. The molecule has 2 rings (SSSR count). The molecule has 2 nitrogen and oxygen atoms in total. The molecule has 0 N–H and O–H groups in total. The minimum atomic E-state index is -0.0242. The van der Waals surface area contributed by atoms with Gasteiger partial charge in [-0.3, -0.25) is 9.90 Å². The molecule has 0 aromatic heterocycles. The highest BCUT2D eigenvalue weighted by molar-refractivity contribution is 6.13. The Bertz CT molecular complexity index is 403. The van der Waals surface area contributed by atoms with E-state index in [0.29, 0.717) is 12.0 Å². The molecule has 65 valence electrons. The maximum atomic E-state index is 11.6. The van der Waals surface area contributed by atoms with Crippen LogP contribution in [-0.4, -0.2) is 5.78 Å². The van der Waals surface area contributed by atoms with E-state index in [9.17, 15) is 9.90 Å². The third kappa shape index (κ3) is 1.15. The minimum Gasteiger partial charge on any atom is -0.290 e. The van der Waals surface area contributed by atoms with E-state index in [1.165, 1.54) is 6.07 Å². The molecule has 2 heteroatoms. The van der Waals surface area contributed by atoms with Crippen molar-refractivity contribution in [2.45, 2.75) is 13.3 Å². The number of allylic oxidation sites excluding steroid dienone is 2. The number of hydrogen-bond donors (Lipinski definition) is 0. The molecule has 0 saturated heterocycles. The lowest BCUT2D eigenvalue weighted by Gasteiger charge is -1.93. The molecule has 1 aliphatic rings. The van der Waals surface area contributed by atoms with E-state index >= 15 is 0 Å². The van der Waals surface area contributed by atoms with Gasteiger partial charge in [-0.15, -0.1) is 0 Å². The predicted molar refractivity (Wildman–Crippen MR) is 48.4 cm³/mol. The summed E-state index contributed by atoms with van der Waals surface area (Å²) in [6.07, 6.45) is 2.42. The molecule has 1 aromatic carbocycles. The highest BCUT2D eigenvalue weighted by atomic mass is 16.3. The van der Waals surface area contributed by atoms with Crippen molar-refractivity contribution in [3.8, 4) is 5.75 Å². The van der Waals surface area contributed by atoms with Gasteiger partial charge in [0.05, 0.1) is 0 Å². The van der Waals surface area contributed by atoms with Crippen molar-refractivity contribution in [3.05, 3.63) is 41.0 Å². The zero-order chi connectivity index (χ0) is 9.42. The van der Waals surface area contributed by atoms with E-state index < -0.39 is 0 Å². The molecule has 0 aliphatic heterocycles. The van der Waals surface area contributed by atoms with E-state index in [4.69, 9.17) is 0 Å². The Kier molecular flexibility index (Phi) is 1.69. The first-order chi connectivity index (χ1) is 6.22. The quantitative estimate of drug-likeness (QED) is 0.555. The normalized spacial score (nSPS) is 17.9. The predicted octanol–water partition coefficient (Wildman–Crippen LogP) is 2.52. The van der Waals surface area contributed by atoms with Crippen LogP contribution in [0, 0.1) is 0 Å². The zero-order valence-electron chi connectivity index (χ0n) is 7.33. The van der Waals surface area contributed by atoms with Gasteiger partial charge in [-0.2, -0.15) is 0 Å². The van der Waals surface area contributed by atoms with Gasteiger partial charge < -0.3 is 0 Å². The molecule has 0 unspecified atom stereocenters. The van der Waals surface area contributed by atoms with Gasteiger partial charge in [0.1, 0.15) is 0 Å². The van der Waals surface area contributed by atoms with Crippen LogP contribution in [0.4, 0.5) is 0 Å². The van der Waals surface area contributed by atoms with Crippen LogP contribution >= 0.6 is 0 Å². The van der Waals surface area contributed by atoms with Crippen LogP contribution in [0.2, 0.25) is 0 Å². The summed E-state index contributed by atoms with van der Waals surface area (Å²) >= 11 is 0. The van der Waals surface area contributed by atoms with Crippen LogP contribution in [-0.2, 0) is 11.5 Å². The summed E-state index contributed by atoms with van der Waals surface area (Å²) in [5.74, 6) is 0.0430. The molecular formula is C11H9O2. The Morgan fingerprint density at radius 3 is 2.85 bits per heavy atom. The summed E-state index contributed by atoms with van der Waals surface area (Å²) in [7, 11) is 0. The van der Waals surface area contributed by atoms with Gasteiger partial charge >= 0.3 is 0 Å². The zero-order valence-corrected chi connectivity index (χ0v) is 7.33. The van der Waals surface area contributed by atoms with Gasteiger partial charge in [0, 0.05) is 17.6 Å². The van der Waals surface area contributed by atoms with Crippen LogP contribution in [0.25, 0.3) is 0 Å². The monoisotopic (exact) mass is 173 g/mol. The van der Waals surface area contributed by atoms with Crippen LogP contribution in [0.15, 0.2) is 29.8 Å². The third-order valence-corrected chi connectivity index (χ3v) is 2.34. The summed E-state index contributed by atoms with van der Waals surface area (Å²) in [5.41, 5.74) is 2.35. The number of rotatable bonds is 0. The van der Waals surface area contributed by atoms with Gasteiger partial charge in [0.25, 0.3) is 0 Å². The van der Waals surface area contributed by atoms with Crippen LogP contribution in [0.5, 0.6) is 5.75 Å². The first-order valence-electron chi connectivity index (χ1n) is 4.22. The Balaban J connectivity index is 2.56. The summed E-state index contributed by atoms with van der Waals surface area (Å²) in [4.78, 5) is 11.6. The number of hydrogen-bond acceptors (Lipinski definition) is 1. The van der Waals surface area contributed by atoms with E-state index in [2.05, 4.69) is 0 Å². The van der Waals surface area contributed by atoms with Crippen molar-refractivity contribution in [1.29, 1.82) is 0 Å². The second kappa shape index (κ2) is 2.73. The van der Waals surface area contributed by atoms with Gasteiger partial charge in [0.2, 0.25) is 0 Å². The molecule has 0 atom stereocenters. The Morgan fingerprint density at radius 2 is 2.15 bits per heavy atom. The lowest BCUT2D eigenvalue weighted by molar-refractivity contribution is 0.103. The molecule has 1 aliphatic carbocycles. The highest BCUT2D eigenvalue weighted by Gasteiger charge is 2.24. The average Bonchev–Trinajstić information content (AvgIpc) is 2.42. The number of carbonyl (C=O) groups excluding carboxylic acids is 1. The van der Waals surface area contributed by atoms with Crippen molar-refractivity contribution < 1.29 is 9.90 Å². The van der Waals surface area contributed by atoms with Crippen molar-refractivity contribution in [3.63, 3.8) is 0 Å². The lowest BCUT2D eigenvalue weighted by atomic mass is 10.1.